The summed E-state index contributed by atoms with van der Waals surface area (Å²) in [7, 11) is 0. The average Bonchev–Trinajstić information content (AvgIpc) is 4.16. The van der Waals surface area contributed by atoms with Crippen molar-refractivity contribution in [2.24, 2.45) is 4.99 Å². The van der Waals surface area contributed by atoms with E-state index in [0.717, 1.165) is 45.7 Å². The number of para-hydroxylation sites is 4. The molecule has 0 N–H and O–H groups in total. The number of hydrogen-bond donors (Lipinski definition) is 0. The first-order chi connectivity index (χ1) is 34.1. The SMILES string of the molecule is C=C(c1ccccc1/N=C(\C)n1c2ccccc2c2ccc(-c3ccc4c(c3)-c3c(cccc3-c3ccc5c(c3)c3ccccc3n5-c3ccccc3)C4)cc21)c1cccc2c1sc1ccccc12. The Bertz CT molecular complexity index is 4310. The second-order valence-electron chi connectivity index (χ2n) is 18.3. The Kier molecular flexibility index (Phi) is 8.89. The Morgan fingerprint density at radius 3 is 2.00 bits per heavy atom. The molecule has 324 valence electrons. The molecule has 3 aromatic heterocycles. The van der Waals surface area contributed by atoms with E-state index in [0.29, 0.717) is 0 Å². The van der Waals surface area contributed by atoms with Crippen LogP contribution in [0.2, 0.25) is 0 Å². The molecule has 0 saturated carbocycles. The van der Waals surface area contributed by atoms with Crippen molar-refractivity contribution < 1.29 is 0 Å². The van der Waals surface area contributed by atoms with Crippen LogP contribution in [0.3, 0.4) is 0 Å². The lowest BCUT2D eigenvalue weighted by molar-refractivity contribution is 1.18. The van der Waals surface area contributed by atoms with Crippen LogP contribution in [0.25, 0.3) is 108 Å². The third-order valence-corrected chi connectivity index (χ3v) is 15.7. The summed E-state index contributed by atoms with van der Waals surface area (Å²) in [5, 5.41) is 7.48. The fourth-order valence-corrected chi connectivity index (χ4v) is 12.6. The van der Waals surface area contributed by atoms with Crippen molar-refractivity contribution in [3.05, 3.63) is 247 Å². The van der Waals surface area contributed by atoms with Crippen LogP contribution in [0.1, 0.15) is 29.2 Å². The smallest absolute Gasteiger partial charge is 0.111 e. The first kappa shape index (κ1) is 39.6. The van der Waals surface area contributed by atoms with Crippen LogP contribution < -0.4 is 0 Å². The van der Waals surface area contributed by atoms with Gasteiger partial charge in [-0.25, -0.2) is 4.99 Å². The van der Waals surface area contributed by atoms with E-state index in [1.165, 1.54) is 103 Å². The van der Waals surface area contributed by atoms with Gasteiger partial charge in [0.25, 0.3) is 0 Å². The molecule has 69 heavy (non-hydrogen) atoms. The van der Waals surface area contributed by atoms with E-state index in [-0.39, 0.29) is 0 Å². The Hall–Kier alpha value is -8.57. The molecule has 1 aliphatic rings. The zero-order valence-corrected chi connectivity index (χ0v) is 38.8. The van der Waals surface area contributed by atoms with Gasteiger partial charge in [-0.3, -0.25) is 4.57 Å². The predicted octanol–water partition coefficient (Wildman–Crippen LogP) is 17.8. The summed E-state index contributed by atoms with van der Waals surface area (Å²) in [4.78, 5) is 5.46. The van der Waals surface area contributed by atoms with Crippen LogP contribution in [-0.4, -0.2) is 15.0 Å². The van der Waals surface area contributed by atoms with E-state index in [4.69, 9.17) is 11.6 Å². The van der Waals surface area contributed by atoms with Gasteiger partial charge in [0.05, 0.1) is 27.8 Å². The van der Waals surface area contributed by atoms with Gasteiger partial charge in [-0.1, -0.05) is 164 Å². The molecule has 0 spiro atoms. The van der Waals surface area contributed by atoms with Gasteiger partial charge in [0.15, 0.2) is 0 Å². The topological polar surface area (TPSA) is 22.2 Å². The molecule has 13 aromatic rings. The lowest BCUT2D eigenvalue weighted by Crippen LogP contribution is -2.07. The number of thiophene rings is 1. The summed E-state index contributed by atoms with van der Waals surface area (Å²) in [6, 6.07) is 79.8. The molecule has 0 amide bonds. The van der Waals surface area contributed by atoms with Crippen LogP contribution in [0.4, 0.5) is 5.69 Å². The largest absolute Gasteiger partial charge is 0.309 e. The molecule has 0 saturated heterocycles. The van der Waals surface area contributed by atoms with Crippen molar-refractivity contribution in [1.82, 2.24) is 9.13 Å². The summed E-state index contributed by atoms with van der Waals surface area (Å²) in [6.45, 7) is 6.85. The highest BCUT2D eigenvalue weighted by atomic mass is 32.1. The highest BCUT2D eigenvalue weighted by Gasteiger charge is 2.24. The van der Waals surface area contributed by atoms with Gasteiger partial charge in [0.1, 0.15) is 5.84 Å². The molecule has 4 heteroatoms. The molecule has 0 radical (unpaired) electrons. The maximum Gasteiger partial charge on any atom is 0.111 e. The minimum atomic E-state index is 0.898. The summed E-state index contributed by atoms with van der Waals surface area (Å²) < 4.78 is 7.27. The van der Waals surface area contributed by atoms with Crippen molar-refractivity contribution in [2.45, 2.75) is 13.3 Å². The molecule has 0 atom stereocenters. The number of aliphatic imine (C=N–C) groups is 1. The molecular formula is C65H43N3S. The molecule has 3 nitrogen and oxygen atoms in total. The molecule has 1 aliphatic carbocycles. The predicted molar refractivity (Wildman–Crippen MR) is 295 cm³/mol. The van der Waals surface area contributed by atoms with Gasteiger partial charge < -0.3 is 4.57 Å². The fraction of sp³-hybridized carbons (Fsp3) is 0.0308. The van der Waals surface area contributed by atoms with Crippen molar-refractivity contribution in [2.75, 3.05) is 0 Å². The first-order valence-electron chi connectivity index (χ1n) is 23.7. The van der Waals surface area contributed by atoms with Gasteiger partial charge in [0.2, 0.25) is 0 Å². The monoisotopic (exact) mass is 897 g/mol. The van der Waals surface area contributed by atoms with E-state index < -0.39 is 0 Å². The van der Waals surface area contributed by atoms with Crippen LogP contribution >= 0.6 is 11.3 Å². The van der Waals surface area contributed by atoms with Crippen LogP contribution in [0.5, 0.6) is 0 Å². The highest BCUT2D eigenvalue weighted by Crippen LogP contribution is 2.47. The Morgan fingerprint density at radius 2 is 1.12 bits per heavy atom. The maximum absolute atomic E-state index is 5.46. The molecule has 0 bridgehead atoms. The minimum Gasteiger partial charge on any atom is -0.309 e. The number of fused-ring (bicyclic) bond motifs is 12. The Labute approximate surface area is 403 Å². The first-order valence-corrected chi connectivity index (χ1v) is 24.5. The summed E-state index contributed by atoms with van der Waals surface area (Å²) in [5.74, 6) is 0.898. The standard InChI is InChI=1S/C65H43N3S/c1-40(49-23-15-25-55-54-22-9-13-29-63(54)69-65(49)55)48-19-6-10-26-58(48)66-41(2)67-59-27-11-7-20-51(59)53-34-32-43(39-62(53)67)42-30-31-44-36-46-16-14-24-50(64(46)56(44)37-42)45-33-35-61-57(38-45)52-21-8-12-28-60(52)68(61)47-17-4-3-5-18-47/h3-35,37-39H,1,36H2,2H3/b66-41+. The van der Waals surface area contributed by atoms with Gasteiger partial charge in [-0.2, -0.15) is 0 Å². The number of aromatic nitrogens is 2. The normalized spacial score (nSPS) is 12.5. The lowest BCUT2D eigenvalue weighted by atomic mass is 9.92. The molecular weight excluding hydrogens is 855 g/mol. The molecule has 14 rings (SSSR count). The Morgan fingerprint density at radius 1 is 0.464 bits per heavy atom. The fourth-order valence-electron chi connectivity index (χ4n) is 11.3. The minimum absolute atomic E-state index is 0.898. The summed E-state index contributed by atoms with van der Waals surface area (Å²) >= 11 is 1.83. The number of hydrogen-bond acceptors (Lipinski definition) is 2. The summed E-state index contributed by atoms with van der Waals surface area (Å²) in [6.07, 6.45) is 0.921. The number of rotatable bonds is 6. The van der Waals surface area contributed by atoms with E-state index in [2.05, 4.69) is 234 Å². The van der Waals surface area contributed by atoms with Crippen molar-refractivity contribution >= 4 is 92.2 Å². The average molecular weight is 898 g/mol. The van der Waals surface area contributed by atoms with Gasteiger partial charge >= 0.3 is 0 Å². The molecule has 10 aromatic carbocycles. The zero-order valence-electron chi connectivity index (χ0n) is 37.9. The molecule has 0 aliphatic heterocycles. The number of nitrogens with zero attached hydrogens (tertiary/aromatic N) is 3. The summed E-state index contributed by atoms with van der Waals surface area (Å²) in [5.41, 5.74) is 20.2. The van der Waals surface area contributed by atoms with E-state index >= 15 is 0 Å². The molecule has 0 fully saturated rings. The number of benzene rings is 10. The third kappa shape index (κ3) is 6.16. The second-order valence-corrected chi connectivity index (χ2v) is 19.4. The second kappa shape index (κ2) is 15.5. The van der Waals surface area contributed by atoms with Crippen molar-refractivity contribution in [3.8, 4) is 39.1 Å². The highest BCUT2D eigenvalue weighted by molar-refractivity contribution is 7.26. The van der Waals surface area contributed by atoms with Gasteiger partial charge in [0, 0.05) is 53.0 Å². The van der Waals surface area contributed by atoms with Gasteiger partial charge in [-0.05, 0) is 130 Å². The van der Waals surface area contributed by atoms with Crippen LogP contribution in [-0.2, 0) is 6.42 Å². The van der Waals surface area contributed by atoms with E-state index in [9.17, 15) is 0 Å². The zero-order chi connectivity index (χ0) is 45.7. The van der Waals surface area contributed by atoms with E-state index in [1.807, 2.05) is 11.3 Å². The van der Waals surface area contributed by atoms with Crippen LogP contribution in [0.15, 0.2) is 230 Å². The Balaban J connectivity index is 0.866. The van der Waals surface area contributed by atoms with Gasteiger partial charge in [-0.15, -0.1) is 11.3 Å². The van der Waals surface area contributed by atoms with Crippen molar-refractivity contribution in [3.63, 3.8) is 0 Å². The van der Waals surface area contributed by atoms with E-state index in [1.54, 1.807) is 0 Å². The molecule has 3 heterocycles. The van der Waals surface area contributed by atoms with Crippen molar-refractivity contribution in [1.29, 1.82) is 0 Å². The maximum atomic E-state index is 5.46. The molecule has 0 unspecified atom stereocenters. The third-order valence-electron chi connectivity index (χ3n) is 14.5. The van der Waals surface area contributed by atoms with Crippen LogP contribution in [0, 0.1) is 0 Å². The quantitative estimate of drug-likeness (QED) is 0.117. The lowest BCUT2D eigenvalue weighted by Gasteiger charge is -2.14.